The van der Waals surface area contributed by atoms with Gasteiger partial charge < -0.3 is 4.52 Å². The van der Waals surface area contributed by atoms with E-state index in [1.807, 2.05) is 0 Å². The van der Waals surface area contributed by atoms with Crippen LogP contribution in [0.3, 0.4) is 0 Å². The molecule has 2 heterocycles. The van der Waals surface area contributed by atoms with Crippen LogP contribution in [-0.2, 0) is 13.1 Å². The first-order valence-electron chi connectivity index (χ1n) is 7.06. The Hall–Kier alpha value is -1.20. The molecule has 0 spiro atoms. The van der Waals surface area contributed by atoms with Gasteiger partial charge in [0.05, 0.1) is 6.04 Å². The van der Waals surface area contributed by atoms with E-state index >= 15 is 0 Å². The van der Waals surface area contributed by atoms with Gasteiger partial charge >= 0.3 is 0 Å². The second-order valence-corrected chi connectivity index (χ2v) is 6.58. The van der Waals surface area contributed by atoms with Crippen LogP contribution in [0.15, 0.2) is 27.2 Å². The van der Waals surface area contributed by atoms with Crippen LogP contribution in [-0.4, -0.2) is 15.0 Å². The summed E-state index contributed by atoms with van der Waals surface area (Å²) in [7, 11) is 0. The van der Waals surface area contributed by atoms with E-state index in [4.69, 9.17) is 4.52 Å². The molecule has 1 saturated carbocycles. The Morgan fingerprint density at radius 3 is 2.95 bits per heavy atom. The van der Waals surface area contributed by atoms with E-state index in [2.05, 4.69) is 56.1 Å². The van der Waals surface area contributed by atoms with E-state index in [9.17, 15) is 0 Å². The molecule has 2 aromatic rings. The molecule has 0 amide bonds. The van der Waals surface area contributed by atoms with E-state index in [0.717, 1.165) is 24.8 Å². The van der Waals surface area contributed by atoms with Crippen molar-refractivity contribution < 1.29 is 4.52 Å². The van der Waals surface area contributed by atoms with Crippen LogP contribution in [0.1, 0.15) is 54.6 Å². The average molecular weight is 334 g/mol. The quantitative estimate of drug-likeness (QED) is 0.857. The van der Waals surface area contributed by atoms with Gasteiger partial charge in [0.2, 0.25) is 5.89 Å². The zero-order valence-electron chi connectivity index (χ0n) is 11.3. The van der Waals surface area contributed by atoms with Crippen molar-refractivity contribution in [3.8, 4) is 0 Å². The molecular formula is C15H16BrN3O. The normalized spacial score (nSPS) is 20.1. The lowest BCUT2D eigenvalue weighted by Crippen LogP contribution is -2.21. The second kappa shape index (κ2) is 4.67. The monoisotopic (exact) mass is 333 g/mol. The van der Waals surface area contributed by atoms with Gasteiger partial charge in [0, 0.05) is 23.5 Å². The molecule has 1 aliphatic heterocycles. The highest BCUT2D eigenvalue weighted by Gasteiger charge is 2.32. The summed E-state index contributed by atoms with van der Waals surface area (Å²) in [5.41, 5.74) is 2.76. The molecule has 4 rings (SSSR count). The summed E-state index contributed by atoms with van der Waals surface area (Å²) in [6.07, 6.45) is 2.41. The molecule has 5 heteroatoms. The molecule has 1 fully saturated rings. The molecule has 0 bridgehead atoms. The first-order chi connectivity index (χ1) is 9.72. The number of hydrogen-bond acceptors (Lipinski definition) is 4. The summed E-state index contributed by atoms with van der Waals surface area (Å²) in [5, 5.41) is 4.12. The maximum atomic E-state index is 5.45. The fourth-order valence-electron chi connectivity index (χ4n) is 2.76. The predicted octanol–water partition coefficient (Wildman–Crippen LogP) is 3.79. The van der Waals surface area contributed by atoms with Crippen molar-refractivity contribution >= 4 is 15.9 Å². The third kappa shape index (κ3) is 2.09. The Labute approximate surface area is 126 Å². The van der Waals surface area contributed by atoms with Crippen LogP contribution in [0, 0.1) is 0 Å². The highest BCUT2D eigenvalue weighted by atomic mass is 79.9. The van der Waals surface area contributed by atoms with E-state index in [-0.39, 0.29) is 6.04 Å². The van der Waals surface area contributed by atoms with Crippen LogP contribution < -0.4 is 0 Å². The van der Waals surface area contributed by atoms with Gasteiger partial charge in [-0.15, -0.1) is 0 Å². The lowest BCUT2D eigenvalue weighted by Gasteiger charge is -2.20. The van der Waals surface area contributed by atoms with Crippen LogP contribution in [0.4, 0.5) is 0 Å². The minimum absolute atomic E-state index is 0.161. The van der Waals surface area contributed by atoms with Gasteiger partial charge in [-0.2, -0.15) is 4.98 Å². The maximum Gasteiger partial charge on any atom is 0.243 e. The molecule has 0 saturated heterocycles. The van der Waals surface area contributed by atoms with E-state index in [1.54, 1.807) is 0 Å². The van der Waals surface area contributed by atoms with Crippen molar-refractivity contribution in [2.45, 2.75) is 44.8 Å². The van der Waals surface area contributed by atoms with Crippen LogP contribution in [0.25, 0.3) is 0 Å². The van der Waals surface area contributed by atoms with Gasteiger partial charge in [0.1, 0.15) is 0 Å². The number of halogens is 1. The van der Waals surface area contributed by atoms with Gasteiger partial charge in [0.25, 0.3) is 0 Å². The Balaban J connectivity index is 1.55. The number of fused-ring (bicyclic) bond motifs is 1. The molecule has 2 aliphatic rings. The SMILES string of the molecule is C[C@H](c1nc(C2CC2)no1)N1Cc2cccc(Br)c2C1. The van der Waals surface area contributed by atoms with Crippen LogP contribution >= 0.6 is 15.9 Å². The van der Waals surface area contributed by atoms with Crippen molar-refractivity contribution in [1.82, 2.24) is 15.0 Å². The number of aromatic nitrogens is 2. The molecule has 0 radical (unpaired) electrons. The van der Waals surface area contributed by atoms with E-state index in [1.165, 1.54) is 28.4 Å². The number of benzene rings is 1. The van der Waals surface area contributed by atoms with E-state index in [0.29, 0.717) is 5.92 Å². The predicted molar refractivity (Wildman–Crippen MR) is 78.1 cm³/mol. The Bertz CT molecular complexity index is 650. The molecule has 104 valence electrons. The third-order valence-electron chi connectivity index (χ3n) is 4.26. The molecule has 1 aliphatic carbocycles. The zero-order valence-corrected chi connectivity index (χ0v) is 12.9. The van der Waals surface area contributed by atoms with Gasteiger partial charge in [-0.1, -0.05) is 33.2 Å². The first kappa shape index (κ1) is 12.5. The number of rotatable bonds is 3. The average Bonchev–Trinajstić information content (AvgIpc) is 3.03. The standard InChI is InChI=1S/C15H16BrN3O/c1-9(15-17-14(18-20-15)10-5-6-10)19-7-11-3-2-4-13(16)12(11)8-19/h2-4,9-10H,5-8H2,1H3/t9-/m1/s1. The summed E-state index contributed by atoms with van der Waals surface area (Å²) in [5.74, 6) is 2.19. The second-order valence-electron chi connectivity index (χ2n) is 5.72. The smallest absolute Gasteiger partial charge is 0.243 e. The third-order valence-corrected chi connectivity index (χ3v) is 5.00. The molecule has 4 nitrogen and oxygen atoms in total. The number of hydrogen-bond donors (Lipinski definition) is 0. The summed E-state index contributed by atoms with van der Waals surface area (Å²) in [4.78, 5) is 6.95. The van der Waals surface area contributed by atoms with Crippen molar-refractivity contribution in [2.75, 3.05) is 0 Å². The van der Waals surface area contributed by atoms with Crippen LogP contribution in [0.2, 0.25) is 0 Å². The molecule has 1 aromatic carbocycles. The molecule has 1 atom stereocenters. The molecular weight excluding hydrogens is 318 g/mol. The highest BCUT2D eigenvalue weighted by molar-refractivity contribution is 9.10. The van der Waals surface area contributed by atoms with Crippen molar-refractivity contribution in [2.24, 2.45) is 0 Å². The minimum atomic E-state index is 0.161. The lowest BCUT2D eigenvalue weighted by atomic mass is 10.1. The topological polar surface area (TPSA) is 42.2 Å². The van der Waals surface area contributed by atoms with Crippen molar-refractivity contribution in [3.05, 3.63) is 45.5 Å². The maximum absolute atomic E-state index is 5.45. The Morgan fingerprint density at radius 2 is 2.20 bits per heavy atom. The van der Waals surface area contributed by atoms with E-state index < -0.39 is 0 Å². The summed E-state index contributed by atoms with van der Waals surface area (Å²) in [6, 6.07) is 6.55. The summed E-state index contributed by atoms with van der Waals surface area (Å²) < 4.78 is 6.64. The highest BCUT2D eigenvalue weighted by Crippen LogP contribution is 2.39. The summed E-state index contributed by atoms with van der Waals surface area (Å²) >= 11 is 3.63. The Kier molecular flexibility index (Phi) is 2.93. The van der Waals surface area contributed by atoms with Crippen molar-refractivity contribution in [3.63, 3.8) is 0 Å². The fraction of sp³-hybridized carbons (Fsp3) is 0.467. The largest absolute Gasteiger partial charge is 0.338 e. The lowest BCUT2D eigenvalue weighted by molar-refractivity contribution is 0.174. The zero-order chi connectivity index (χ0) is 13.7. The van der Waals surface area contributed by atoms with Gasteiger partial charge in [-0.3, -0.25) is 4.90 Å². The minimum Gasteiger partial charge on any atom is -0.338 e. The van der Waals surface area contributed by atoms with Gasteiger partial charge in [0.15, 0.2) is 5.82 Å². The van der Waals surface area contributed by atoms with Crippen molar-refractivity contribution in [1.29, 1.82) is 0 Å². The van der Waals surface area contributed by atoms with Gasteiger partial charge in [-0.25, -0.2) is 0 Å². The van der Waals surface area contributed by atoms with Crippen LogP contribution in [0.5, 0.6) is 0 Å². The number of nitrogens with zero attached hydrogens (tertiary/aromatic N) is 3. The van der Waals surface area contributed by atoms with Gasteiger partial charge in [-0.05, 0) is 37.0 Å². The Morgan fingerprint density at radius 1 is 1.35 bits per heavy atom. The molecule has 20 heavy (non-hydrogen) atoms. The fourth-order valence-corrected chi connectivity index (χ4v) is 3.29. The first-order valence-corrected chi connectivity index (χ1v) is 7.85. The molecule has 0 N–H and O–H groups in total. The molecule has 1 aromatic heterocycles. The summed E-state index contributed by atoms with van der Waals surface area (Å²) in [6.45, 7) is 4.01. The molecule has 0 unspecified atom stereocenters.